The Bertz CT molecular complexity index is 788. The minimum Gasteiger partial charge on any atom is -0.472 e. The van der Waals surface area contributed by atoms with Crippen LogP contribution in [0.1, 0.15) is 12.0 Å². The zero-order chi connectivity index (χ0) is 14.9. The minimum atomic E-state index is 0.187. The Labute approximate surface area is 128 Å². The van der Waals surface area contributed by atoms with Gasteiger partial charge < -0.3 is 14.0 Å². The lowest BCUT2D eigenvalue weighted by Crippen LogP contribution is -2.32. The largest absolute Gasteiger partial charge is 0.472 e. The molecule has 112 valence electrons. The highest BCUT2D eigenvalue weighted by Crippen LogP contribution is 2.30. The Balaban J connectivity index is 1.64. The van der Waals surface area contributed by atoms with Crippen LogP contribution in [0.25, 0.3) is 22.1 Å². The fourth-order valence-corrected chi connectivity index (χ4v) is 2.53. The third-order valence-corrected chi connectivity index (χ3v) is 4.02. The van der Waals surface area contributed by atoms with Crippen molar-refractivity contribution in [2.45, 2.75) is 19.4 Å². The lowest BCUT2D eigenvalue weighted by Gasteiger charge is -2.25. The third-order valence-electron chi connectivity index (χ3n) is 4.02. The first-order valence-corrected chi connectivity index (χ1v) is 7.50. The summed E-state index contributed by atoms with van der Waals surface area (Å²) in [4.78, 5) is 0. The molecule has 0 radical (unpaired) electrons. The topological polar surface area (TPSA) is 44.5 Å². The SMILES string of the molecule is Cc1ccc(-c2ccc3onc(OCC4CCO4)c3c2)cc1. The van der Waals surface area contributed by atoms with Crippen LogP contribution in [0.5, 0.6) is 5.88 Å². The van der Waals surface area contributed by atoms with E-state index in [9.17, 15) is 0 Å². The molecule has 22 heavy (non-hydrogen) atoms. The van der Waals surface area contributed by atoms with Gasteiger partial charge in [0.15, 0.2) is 5.58 Å². The number of aryl methyl sites for hydroxylation is 1. The molecule has 1 aliphatic rings. The van der Waals surface area contributed by atoms with Gasteiger partial charge in [0.05, 0.1) is 11.5 Å². The van der Waals surface area contributed by atoms with Gasteiger partial charge in [-0.15, -0.1) is 0 Å². The summed E-state index contributed by atoms with van der Waals surface area (Å²) in [6.07, 6.45) is 1.23. The molecule has 0 aliphatic carbocycles. The maximum atomic E-state index is 5.74. The fraction of sp³-hybridized carbons (Fsp3) is 0.278. The fourth-order valence-electron chi connectivity index (χ4n) is 2.53. The van der Waals surface area contributed by atoms with Gasteiger partial charge in [-0.2, -0.15) is 0 Å². The van der Waals surface area contributed by atoms with Gasteiger partial charge in [-0.25, -0.2) is 0 Å². The van der Waals surface area contributed by atoms with E-state index < -0.39 is 0 Å². The van der Waals surface area contributed by atoms with Gasteiger partial charge in [-0.1, -0.05) is 35.9 Å². The molecule has 0 N–H and O–H groups in total. The van der Waals surface area contributed by atoms with Gasteiger partial charge in [0.2, 0.25) is 0 Å². The lowest BCUT2D eigenvalue weighted by atomic mass is 10.0. The van der Waals surface area contributed by atoms with E-state index in [0.717, 1.165) is 29.6 Å². The van der Waals surface area contributed by atoms with E-state index in [1.165, 1.54) is 11.1 Å². The second-order valence-electron chi connectivity index (χ2n) is 5.66. The van der Waals surface area contributed by atoms with Gasteiger partial charge in [-0.05, 0) is 35.3 Å². The Morgan fingerprint density at radius 1 is 1.14 bits per heavy atom. The number of hydrogen-bond donors (Lipinski definition) is 0. The van der Waals surface area contributed by atoms with Crippen molar-refractivity contribution in [3.05, 3.63) is 48.0 Å². The van der Waals surface area contributed by atoms with Gasteiger partial charge >= 0.3 is 0 Å². The molecule has 0 saturated carbocycles. The molecule has 4 heteroatoms. The summed E-state index contributed by atoms with van der Waals surface area (Å²) in [5, 5.41) is 4.92. The number of aromatic nitrogens is 1. The Morgan fingerprint density at radius 3 is 2.64 bits per heavy atom. The van der Waals surface area contributed by atoms with Gasteiger partial charge in [-0.3, -0.25) is 0 Å². The van der Waals surface area contributed by atoms with Crippen LogP contribution in [0.4, 0.5) is 0 Å². The second-order valence-corrected chi connectivity index (χ2v) is 5.66. The molecule has 1 aromatic heterocycles. The number of hydrogen-bond acceptors (Lipinski definition) is 4. The molecule has 4 rings (SSSR count). The normalized spacial score (nSPS) is 17.4. The first kappa shape index (κ1) is 13.3. The Hall–Kier alpha value is -2.33. The predicted molar refractivity (Wildman–Crippen MR) is 84.0 cm³/mol. The van der Waals surface area contributed by atoms with Crippen molar-refractivity contribution in [1.29, 1.82) is 0 Å². The van der Waals surface area contributed by atoms with Crippen molar-refractivity contribution in [2.24, 2.45) is 0 Å². The second kappa shape index (κ2) is 5.46. The summed E-state index contributed by atoms with van der Waals surface area (Å²) in [5.74, 6) is 0.541. The Kier molecular flexibility index (Phi) is 3.31. The molecule has 0 bridgehead atoms. The number of nitrogens with zero attached hydrogens (tertiary/aromatic N) is 1. The van der Waals surface area contributed by atoms with E-state index in [-0.39, 0.29) is 6.10 Å². The van der Waals surface area contributed by atoms with Crippen LogP contribution in [0.3, 0.4) is 0 Å². The van der Waals surface area contributed by atoms with E-state index in [2.05, 4.69) is 42.4 Å². The van der Waals surface area contributed by atoms with Crippen molar-refractivity contribution >= 4 is 11.0 Å². The van der Waals surface area contributed by atoms with Gasteiger partial charge in [0.25, 0.3) is 5.88 Å². The van der Waals surface area contributed by atoms with E-state index in [4.69, 9.17) is 14.0 Å². The van der Waals surface area contributed by atoms with E-state index >= 15 is 0 Å². The molecule has 1 aliphatic heterocycles. The maximum Gasteiger partial charge on any atom is 0.262 e. The highest BCUT2D eigenvalue weighted by atomic mass is 16.6. The predicted octanol–water partition coefficient (Wildman–Crippen LogP) is 3.97. The molecule has 4 nitrogen and oxygen atoms in total. The van der Waals surface area contributed by atoms with Crippen LogP contribution >= 0.6 is 0 Å². The minimum absolute atomic E-state index is 0.187. The third kappa shape index (κ3) is 2.46. The highest BCUT2D eigenvalue weighted by molar-refractivity contribution is 5.87. The molecule has 1 saturated heterocycles. The number of fused-ring (bicyclic) bond motifs is 1. The van der Waals surface area contributed by atoms with Gasteiger partial charge in [0.1, 0.15) is 6.61 Å². The van der Waals surface area contributed by atoms with Crippen LogP contribution in [-0.2, 0) is 4.74 Å². The molecular formula is C18H17NO3. The summed E-state index contributed by atoms with van der Waals surface area (Å²) < 4.78 is 16.4. The van der Waals surface area contributed by atoms with Crippen molar-refractivity contribution in [2.75, 3.05) is 13.2 Å². The quantitative estimate of drug-likeness (QED) is 0.730. The van der Waals surface area contributed by atoms with Crippen molar-refractivity contribution < 1.29 is 14.0 Å². The summed E-state index contributed by atoms with van der Waals surface area (Å²) in [7, 11) is 0. The average Bonchev–Trinajstić information content (AvgIpc) is 2.89. The summed E-state index contributed by atoms with van der Waals surface area (Å²) in [6, 6.07) is 14.5. The first-order valence-electron chi connectivity index (χ1n) is 7.50. The van der Waals surface area contributed by atoms with Crippen molar-refractivity contribution in [1.82, 2.24) is 5.16 Å². The lowest BCUT2D eigenvalue weighted by molar-refractivity contribution is -0.0728. The zero-order valence-electron chi connectivity index (χ0n) is 12.4. The molecule has 2 aromatic carbocycles. The number of rotatable bonds is 4. The van der Waals surface area contributed by atoms with E-state index in [1.54, 1.807) is 0 Å². The summed E-state index contributed by atoms with van der Waals surface area (Å²) >= 11 is 0. The van der Waals surface area contributed by atoms with Crippen molar-refractivity contribution in [3.63, 3.8) is 0 Å². The zero-order valence-corrected chi connectivity index (χ0v) is 12.4. The average molecular weight is 295 g/mol. The highest BCUT2D eigenvalue weighted by Gasteiger charge is 2.20. The van der Waals surface area contributed by atoms with Crippen molar-refractivity contribution in [3.8, 4) is 17.0 Å². The molecule has 1 atom stereocenters. The molecule has 0 spiro atoms. The van der Waals surface area contributed by atoms with Crippen LogP contribution in [-0.4, -0.2) is 24.5 Å². The van der Waals surface area contributed by atoms with Crippen LogP contribution < -0.4 is 4.74 Å². The molecular weight excluding hydrogens is 278 g/mol. The first-order chi connectivity index (χ1) is 10.8. The number of ether oxygens (including phenoxy) is 2. The van der Waals surface area contributed by atoms with Crippen LogP contribution in [0.2, 0.25) is 0 Å². The molecule has 2 heterocycles. The molecule has 1 unspecified atom stereocenters. The molecule has 0 amide bonds. The summed E-state index contributed by atoms with van der Waals surface area (Å²) in [5.41, 5.74) is 4.28. The Morgan fingerprint density at radius 2 is 1.91 bits per heavy atom. The maximum absolute atomic E-state index is 5.74. The molecule has 1 fully saturated rings. The van der Waals surface area contributed by atoms with Gasteiger partial charge in [0, 0.05) is 13.0 Å². The van der Waals surface area contributed by atoms with E-state index in [1.807, 2.05) is 12.1 Å². The smallest absolute Gasteiger partial charge is 0.262 e. The monoisotopic (exact) mass is 295 g/mol. The van der Waals surface area contributed by atoms with Crippen LogP contribution in [0.15, 0.2) is 47.0 Å². The number of benzene rings is 2. The van der Waals surface area contributed by atoms with E-state index in [0.29, 0.717) is 12.5 Å². The molecule has 3 aromatic rings. The standard InChI is InChI=1S/C18H17NO3/c1-12-2-4-13(5-3-12)14-6-7-17-16(10-14)18(19-22-17)21-11-15-8-9-20-15/h2-7,10,15H,8-9,11H2,1H3. The van der Waals surface area contributed by atoms with Crippen LogP contribution in [0, 0.1) is 6.92 Å². The summed E-state index contributed by atoms with van der Waals surface area (Å²) in [6.45, 7) is 3.43.